The first-order valence-corrected chi connectivity index (χ1v) is 7.80. The average Bonchev–Trinajstić information content (AvgIpc) is 2.53. The summed E-state index contributed by atoms with van der Waals surface area (Å²) < 4.78 is 50.7. The van der Waals surface area contributed by atoms with Crippen LogP contribution in [0.4, 0.5) is 13.2 Å². The molecule has 2 rings (SSSR count). The molecule has 25 heavy (non-hydrogen) atoms. The van der Waals surface area contributed by atoms with E-state index in [4.69, 9.17) is 4.74 Å². The maximum absolute atomic E-state index is 14.3. The summed E-state index contributed by atoms with van der Waals surface area (Å²) in [6.45, 7) is 1.54. The summed E-state index contributed by atoms with van der Waals surface area (Å²) >= 11 is 0. The van der Waals surface area contributed by atoms with Gasteiger partial charge in [0.1, 0.15) is 5.57 Å². The van der Waals surface area contributed by atoms with E-state index < -0.39 is 46.1 Å². The van der Waals surface area contributed by atoms with Crippen molar-refractivity contribution in [3.63, 3.8) is 0 Å². The summed E-state index contributed by atoms with van der Waals surface area (Å²) in [7, 11) is 0.940. The highest BCUT2D eigenvalue weighted by atomic mass is 19.2. The lowest BCUT2D eigenvalue weighted by atomic mass is 9.93. The number of carbonyl (C=O) groups is 2. The Labute approximate surface area is 142 Å². The van der Waals surface area contributed by atoms with Crippen molar-refractivity contribution < 1.29 is 32.2 Å². The second kappa shape index (κ2) is 8.04. The number of nitrogens with one attached hydrogen (secondary N) is 1. The van der Waals surface area contributed by atoms with E-state index >= 15 is 0 Å². The highest BCUT2D eigenvalue weighted by Crippen LogP contribution is 2.28. The molecule has 8 heteroatoms. The number of esters is 1. The number of halogens is 3. The molecule has 0 heterocycles. The van der Waals surface area contributed by atoms with Crippen LogP contribution in [0.2, 0.25) is 0 Å². The summed E-state index contributed by atoms with van der Waals surface area (Å²) in [5.74, 6) is -7.53. The van der Waals surface area contributed by atoms with Crippen LogP contribution < -0.4 is 10.1 Å². The van der Waals surface area contributed by atoms with Crippen LogP contribution in [-0.4, -0.2) is 31.5 Å². The number of ketones is 1. The number of carbonyl (C=O) groups excluding carboxylic acids is 2. The van der Waals surface area contributed by atoms with Crippen molar-refractivity contribution in [2.75, 3.05) is 13.7 Å². The molecule has 5 nitrogen and oxygen atoms in total. The minimum atomic E-state index is -1.55. The Kier molecular flexibility index (Phi) is 6.06. The fraction of sp³-hybridized carbons (Fsp3) is 0.412. The quantitative estimate of drug-likeness (QED) is 0.203. The SMILES string of the molecule is CCOC(=O)C(=CNC1CCC1)C(=O)c1cc(F)c(F)c(OC)c1F. The molecule has 0 unspecified atom stereocenters. The molecule has 1 N–H and O–H groups in total. The van der Waals surface area contributed by atoms with E-state index in [0.29, 0.717) is 6.07 Å². The molecule has 1 aliphatic carbocycles. The van der Waals surface area contributed by atoms with Gasteiger partial charge < -0.3 is 14.8 Å². The predicted octanol–water partition coefficient (Wildman–Crippen LogP) is 2.88. The molecule has 0 bridgehead atoms. The van der Waals surface area contributed by atoms with Crippen LogP contribution in [0.1, 0.15) is 36.5 Å². The van der Waals surface area contributed by atoms with Crippen LogP contribution in [-0.2, 0) is 9.53 Å². The van der Waals surface area contributed by atoms with Crippen LogP contribution in [0.5, 0.6) is 5.75 Å². The van der Waals surface area contributed by atoms with Gasteiger partial charge in [-0.05, 0) is 32.3 Å². The largest absolute Gasteiger partial charge is 0.491 e. The second-order valence-electron chi connectivity index (χ2n) is 5.47. The number of ether oxygens (including phenoxy) is 2. The van der Waals surface area contributed by atoms with E-state index in [1.54, 1.807) is 6.92 Å². The molecule has 0 aliphatic heterocycles. The molecule has 1 aromatic carbocycles. The van der Waals surface area contributed by atoms with Crippen molar-refractivity contribution in [3.8, 4) is 5.75 Å². The molecule has 1 aliphatic rings. The third kappa shape index (κ3) is 3.94. The summed E-state index contributed by atoms with van der Waals surface area (Å²) in [6, 6.07) is 0.493. The molecule has 0 amide bonds. The smallest absolute Gasteiger partial charge is 0.343 e. The topological polar surface area (TPSA) is 64.6 Å². The molecule has 1 aromatic rings. The lowest BCUT2D eigenvalue weighted by Gasteiger charge is -2.25. The van der Waals surface area contributed by atoms with Crippen LogP contribution in [0, 0.1) is 17.5 Å². The van der Waals surface area contributed by atoms with E-state index in [1.807, 2.05) is 0 Å². The highest BCUT2D eigenvalue weighted by molar-refractivity contribution is 6.24. The van der Waals surface area contributed by atoms with Crippen molar-refractivity contribution in [3.05, 3.63) is 40.9 Å². The van der Waals surface area contributed by atoms with E-state index in [2.05, 4.69) is 10.1 Å². The molecule has 0 aromatic heterocycles. The molecular formula is C17H18F3NO4. The highest BCUT2D eigenvalue weighted by Gasteiger charge is 2.29. The van der Waals surface area contributed by atoms with Gasteiger partial charge in [-0.3, -0.25) is 4.79 Å². The Morgan fingerprint density at radius 2 is 1.96 bits per heavy atom. The minimum absolute atomic E-state index is 0.00351. The van der Waals surface area contributed by atoms with Gasteiger partial charge in [-0.2, -0.15) is 4.39 Å². The van der Waals surface area contributed by atoms with Crippen LogP contribution in [0.25, 0.3) is 0 Å². The summed E-state index contributed by atoms with van der Waals surface area (Å²) in [6.07, 6.45) is 3.89. The van der Waals surface area contributed by atoms with Crippen LogP contribution in [0.3, 0.4) is 0 Å². The van der Waals surface area contributed by atoms with Crippen molar-refractivity contribution in [1.29, 1.82) is 0 Å². The number of hydrogen-bond donors (Lipinski definition) is 1. The first-order chi connectivity index (χ1) is 11.9. The number of Topliss-reactive ketones (excluding diaryl/α,β-unsaturated/α-hetero) is 1. The monoisotopic (exact) mass is 357 g/mol. The molecule has 136 valence electrons. The Hall–Kier alpha value is -2.51. The number of methoxy groups -OCH3 is 1. The molecular weight excluding hydrogens is 339 g/mol. The van der Waals surface area contributed by atoms with Crippen molar-refractivity contribution in [2.24, 2.45) is 0 Å². The third-order valence-electron chi connectivity index (χ3n) is 3.87. The summed E-state index contributed by atoms with van der Waals surface area (Å²) in [5.41, 5.74) is -1.31. The molecule has 0 spiro atoms. The van der Waals surface area contributed by atoms with E-state index in [0.717, 1.165) is 32.6 Å². The van der Waals surface area contributed by atoms with Gasteiger partial charge >= 0.3 is 5.97 Å². The van der Waals surface area contributed by atoms with Gasteiger partial charge in [0.2, 0.25) is 11.6 Å². The van der Waals surface area contributed by atoms with Gasteiger partial charge in [0.25, 0.3) is 0 Å². The molecule has 1 fully saturated rings. The predicted molar refractivity (Wildman–Crippen MR) is 82.7 cm³/mol. The van der Waals surface area contributed by atoms with Gasteiger partial charge in [-0.15, -0.1) is 0 Å². The normalized spacial score (nSPS) is 14.7. The first-order valence-electron chi connectivity index (χ1n) is 7.80. The molecule has 0 radical (unpaired) electrons. The number of rotatable bonds is 7. The fourth-order valence-corrected chi connectivity index (χ4v) is 2.27. The summed E-state index contributed by atoms with van der Waals surface area (Å²) in [4.78, 5) is 24.6. The van der Waals surface area contributed by atoms with Gasteiger partial charge in [0.15, 0.2) is 17.4 Å². The third-order valence-corrected chi connectivity index (χ3v) is 3.87. The van der Waals surface area contributed by atoms with Crippen molar-refractivity contribution >= 4 is 11.8 Å². The van der Waals surface area contributed by atoms with Crippen LogP contribution in [0.15, 0.2) is 17.8 Å². The fourth-order valence-electron chi connectivity index (χ4n) is 2.27. The number of benzene rings is 1. The maximum Gasteiger partial charge on any atom is 0.343 e. The molecule has 0 atom stereocenters. The Bertz CT molecular complexity index is 714. The molecule has 1 saturated carbocycles. The van der Waals surface area contributed by atoms with Gasteiger partial charge in [0.05, 0.1) is 19.3 Å². The standard InChI is InChI=1S/C17H18F3NO4/c1-3-25-17(23)11(8-21-9-5-4-6-9)15(22)10-7-12(18)14(20)16(24-2)13(10)19/h7-9,21H,3-6H2,1-2H3. The minimum Gasteiger partial charge on any atom is -0.491 e. The second-order valence-corrected chi connectivity index (χ2v) is 5.47. The maximum atomic E-state index is 14.3. The van der Waals surface area contributed by atoms with Crippen molar-refractivity contribution in [1.82, 2.24) is 5.32 Å². The van der Waals surface area contributed by atoms with Crippen LogP contribution >= 0.6 is 0 Å². The van der Waals surface area contributed by atoms with Gasteiger partial charge in [-0.25, -0.2) is 13.6 Å². The Balaban J connectivity index is 2.41. The van der Waals surface area contributed by atoms with Gasteiger partial charge in [-0.1, -0.05) is 0 Å². The zero-order chi connectivity index (χ0) is 18.6. The molecule has 0 saturated heterocycles. The lowest BCUT2D eigenvalue weighted by Crippen LogP contribution is -2.33. The zero-order valence-electron chi connectivity index (χ0n) is 13.8. The van der Waals surface area contributed by atoms with Gasteiger partial charge in [0, 0.05) is 12.2 Å². The van der Waals surface area contributed by atoms with E-state index in [9.17, 15) is 22.8 Å². The average molecular weight is 357 g/mol. The Morgan fingerprint density at radius 3 is 2.48 bits per heavy atom. The first kappa shape index (κ1) is 18.8. The van der Waals surface area contributed by atoms with Crippen molar-refractivity contribution in [2.45, 2.75) is 32.2 Å². The van der Waals surface area contributed by atoms with E-state index in [1.165, 1.54) is 0 Å². The Morgan fingerprint density at radius 1 is 1.28 bits per heavy atom. The summed E-state index contributed by atoms with van der Waals surface area (Å²) in [5, 5.41) is 2.88. The number of hydrogen-bond acceptors (Lipinski definition) is 5. The lowest BCUT2D eigenvalue weighted by molar-refractivity contribution is -0.138. The zero-order valence-corrected chi connectivity index (χ0v) is 13.8. The van der Waals surface area contributed by atoms with E-state index in [-0.39, 0.29) is 12.6 Å².